The van der Waals surface area contributed by atoms with Gasteiger partial charge in [0, 0.05) is 57.3 Å². The molecule has 0 radical (unpaired) electrons. The number of amides is 2. The molecule has 1 aliphatic heterocycles. The number of aromatic nitrogens is 1. The minimum Gasteiger partial charge on any atom is -0.497 e. The molecule has 8 nitrogen and oxygen atoms in total. The van der Waals surface area contributed by atoms with Crippen molar-refractivity contribution in [3.63, 3.8) is 0 Å². The molecule has 1 atom stereocenters. The van der Waals surface area contributed by atoms with Crippen molar-refractivity contribution in [2.24, 2.45) is 0 Å². The standard InChI is InChI=1S/C27H30FN5O3/c1-36-24-10-8-23(9-11-24)32-13-15-33(16-14-32)25(21-3-2-12-29-18-21)19-31-27(35)26(34)30-17-20-4-6-22(28)7-5-20/h2-12,18,25H,13-17,19H2,1H3,(H,30,34)(H,31,35)/t25-/m1/s1. The fourth-order valence-corrected chi connectivity index (χ4v) is 4.25. The van der Waals surface area contributed by atoms with Crippen LogP contribution < -0.4 is 20.3 Å². The van der Waals surface area contributed by atoms with Crippen LogP contribution in [0.5, 0.6) is 5.75 Å². The molecule has 4 rings (SSSR count). The van der Waals surface area contributed by atoms with E-state index in [-0.39, 0.29) is 24.9 Å². The second kappa shape index (κ2) is 12.1. The summed E-state index contributed by atoms with van der Waals surface area (Å²) in [5, 5.41) is 5.35. The highest BCUT2D eigenvalue weighted by Crippen LogP contribution is 2.25. The average molecular weight is 492 g/mol. The van der Waals surface area contributed by atoms with Crippen LogP contribution in [0.1, 0.15) is 17.2 Å². The van der Waals surface area contributed by atoms with Crippen molar-refractivity contribution in [3.8, 4) is 5.75 Å². The molecular weight excluding hydrogens is 461 g/mol. The predicted octanol–water partition coefficient (Wildman–Crippen LogP) is 2.53. The first-order valence-electron chi connectivity index (χ1n) is 11.9. The summed E-state index contributed by atoms with van der Waals surface area (Å²) in [5.74, 6) is -0.961. The lowest BCUT2D eigenvalue weighted by Crippen LogP contribution is -2.50. The van der Waals surface area contributed by atoms with Crippen LogP contribution >= 0.6 is 0 Å². The van der Waals surface area contributed by atoms with E-state index in [4.69, 9.17) is 4.74 Å². The van der Waals surface area contributed by atoms with Gasteiger partial charge < -0.3 is 20.3 Å². The van der Waals surface area contributed by atoms with Crippen molar-refractivity contribution in [1.82, 2.24) is 20.5 Å². The monoisotopic (exact) mass is 491 g/mol. The smallest absolute Gasteiger partial charge is 0.309 e. The number of ether oxygens (including phenoxy) is 1. The number of hydrogen-bond acceptors (Lipinski definition) is 6. The number of halogens is 1. The number of nitrogens with zero attached hydrogens (tertiary/aromatic N) is 3. The highest BCUT2D eigenvalue weighted by atomic mass is 19.1. The zero-order valence-electron chi connectivity index (χ0n) is 20.2. The van der Waals surface area contributed by atoms with E-state index < -0.39 is 11.8 Å². The van der Waals surface area contributed by atoms with Gasteiger partial charge in [-0.3, -0.25) is 19.5 Å². The van der Waals surface area contributed by atoms with Gasteiger partial charge in [-0.25, -0.2) is 4.39 Å². The van der Waals surface area contributed by atoms with Crippen LogP contribution in [0.4, 0.5) is 10.1 Å². The maximum absolute atomic E-state index is 13.1. The zero-order valence-corrected chi connectivity index (χ0v) is 20.2. The van der Waals surface area contributed by atoms with Crippen LogP contribution in [0.3, 0.4) is 0 Å². The van der Waals surface area contributed by atoms with Crippen LogP contribution in [-0.4, -0.2) is 61.5 Å². The summed E-state index contributed by atoms with van der Waals surface area (Å²) >= 11 is 0. The lowest BCUT2D eigenvalue weighted by Gasteiger charge is -2.40. The maximum atomic E-state index is 13.1. The SMILES string of the molecule is COc1ccc(N2CCN([C@H](CNC(=O)C(=O)NCc3ccc(F)cc3)c3cccnc3)CC2)cc1. The highest BCUT2D eigenvalue weighted by molar-refractivity contribution is 6.35. The number of pyridine rings is 1. The van der Waals surface area contributed by atoms with Gasteiger partial charge in [0.2, 0.25) is 0 Å². The molecule has 2 amide bonds. The number of carbonyl (C=O) groups excluding carboxylic acids is 2. The van der Waals surface area contributed by atoms with Crippen LogP contribution in [0, 0.1) is 5.82 Å². The normalized spacial score (nSPS) is 14.7. The number of hydrogen-bond donors (Lipinski definition) is 2. The Morgan fingerprint density at radius 2 is 1.67 bits per heavy atom. The molecule has 2 heterocycles. The van der Waals surface area contributed by atoms with Crippen LogP contribution in [-0.2, 0) is 16.1 Å². The molecule has 36 heavy (non-hydrogen) atoms. The van der Waals surface area contributed by atoms with Crippen molar-refractivity contribution in [1.29, 1.82) is 0 Å². The van der Waals surface area contributed by atoms with Gasteiger partial charge in [-0.1, -0.05) is 18.2 Å². The Morgan fingerprint density at radius 1 is 0.972 bits per heavy atom. The average Bonchev–Trinajstić information content (AvgIpc) is 2.93. The fourth-order valence-electron chi connectivity index (χ4n) is 4.25. The third-order valence-corrected chi connectivity index (χ3v) is 6.29. The van der Waals surface area contributed by atoms with Gasteiger partial charge in [-0.05, 0) is 53.6 Å². The van der Waals surface area contributed by atoms with Gasteiger partial charge in [-0.15, -0.1) is 0 Å². The van der Waals surface area contributed by atoms with Crippen molar-refractivity contribution < 1.29 is 18.7 Å². The van der Waals surface area contributed by atoms with Gasteiger partial charge in [-0.2, -0.15) is 0 Å². The molecule has 2 aromatic carbocycles. The Labute approximate surface area is 210 Å². The van der Waals surface area contributed by atoms with E-state index in [2.05, 4.69) is 37.6 Å². The molecule has 0 aliphatic carbocycles. The van der Waals surface area contributed by atoms with E-state index in [1.165, 1.54) is 12.1 Å². The van der Waals surface area contributed by atoms with Crippen molar-refractivity contribution in [3.05, 3.63) is 90.0 Å². The van der Waals surface area contributed by atoms with E-state index in [1.54, 1.807) is 31.6 Å². The number of benzene rings is 2. The fraction of sp³-hybridized carbons (Fsp3) is 0.296. The van der Waals surface area contributed by atoms with E-state index in [0.717, 1.165) is 43.2 Å². The number of rotatable bonds is 8. The first kappa shape index (κ1) is 25.1. The van der Waals surface area contributed by atoms with E-state index in [0.29, 0.717) is 5.56 Å². The van der Waals surface area contributed by atoms with Gasteiger partial charge >= 0.3 is 11.8 Å². The van der Waals surface area contributed by atoms with Gasteiger partial charge in [0.05, 0.1) is 13.2 Å². The molecule has 0 bridgehead atoms. The van der Waals surface area contributed by atoms with E-state index in [1.807, 2.05) is 24.3 Å². The zero-order chi connectivity index (χ0) is 25.3. The lowest BCUT2D eigenvalue weighted by molar-refractivity contribution is -0.139. The third-order valence-electron chi connectivity index (χ3n) is 6.29. The minimum absolute atomic E-state index is 0.120. The van der Waals surface area contributed by atoms with Gasteiger partial charge in [0.25, 0.3) is 0 Å². The number of carbonyl (C=O) groups is 2. The summed E-state index contributed by atoms with van der Waals surface area (Å²) in [6.45, 7) is 3.66. The Bertz CT molecular complexity index is 1130. The number of nitrogens with one attached hydrogen (secondary N) is 2. The van der Waals surface area contributed by atoms with E-state index >= 15 is 0 Å². The predicted molar refractivity (Wildman–Crippen MR) is 135 cm³/mol. The quantitative estimate of drug-likeness (QED) is 0.471. The first-order valence-corrected chi connectivity index (χ1v) is 11.9. The van der Waals surface area contributed by atoms with Gasteiger partial charge in [0.1, 0.15) is 11.6 Å². The molecular formula is C27H30FN5O3. The molecule has 1 aliphatic rings. The second-order valence-corrected chi connectivity index (χ2v) is 8.54. The molecule has 1 saturated heterocycles. The molecule has 1 fully saturated rings. The molecule has 3 aromatic rings. The topological polar surface area (TPSA) is 86.8 Å². The number of anilines is 1. The largest absolute Gasteiger partial charge is 0.497 e. The van der Waals surface area contributed by atoms with Crippen LogP contribution in [0.25, 0.3) is 0 Å². The van der Waals surface area contributed by atoms with Gasteiger partial charge in [0.15, 0.2) is 0 Å². The number of methoxy groups -OCH3 is 1. The summed E-state index contributed by atoms with van der Waals surface area (Å²) in [6.07, 6.45) is 3.50. The lowest BCUT2D eigenvalue weighted by atomic mass is 10.1. The molecule has 0 spiro atoms. The van der Waals surface area contributed by atoms with Crippen LogP contribution in [0.15, 0.2) is 73.1 Å². The minimum atomic E-state index is -0.728. The molecule has 188 valence electrons. The highest BCUT2D eigenvalue weighted by Gasteiger charge is 2.27. The molecule has 0 saturated carbocycles. The second-order valence-electron chi connectivity index (χ2n) is 8.54. The van der Waals surface area contributed by atoms with Crippen molar-refractivity contribution in [2.75, 3.05) is 44.7 Å². The maximum Gasteiger partial charge on any atom is 0.309 e. The summed E-state index contributed by atoms with van der Waals surface area (Å²) in [6, 6.07) is 17.5. The van der Waals surface area contributed by atoms with Crippen molar-refractivity contribution >= 4 is 17.5 Å². The Morgan fingerprint density at radius 3 is 2.31 bits per heavy atom. The Kier molecular flexibility index (Phi) is 8.46. The number of piperazine rings is 1. The summed E-state index contributed by atoms with van der Waals surface area (Å²) < 4.78 is 18.3. The Balaban J connectivity index is 1.33. The summed E-state index contributed by atoms with van der Waals surface area (Å²) in [4.78, 5) is 33.7. The Hall–Kier alpha value is -3.98. The molecule has 1 aromatic heterocycles. The summed E-state index contributed by atoms with van der Waals surface area (Å²) in [5.41, 5.74) is 2.82. The summed E-state index contributed by atoms with van der Waals surface area (Å²) in [7, 11) is 1.65. The molecule has 0 unspecified atom stereocenters. The first-order chi connectivity index (χ1) is 17.5. The van der Waals surface area contributed by atoms with Crippen LogP contribution in [0.2, 0.25) is 0 Å². The van der Waals surface area contributed by atoms with E-state index in [9.17, 15) is 14.0 Å². The third kappa shape index (κ3) is 6.57. The molecule has 9 heteroatoms. The molecule has 2 N–H and O–H groups in total. The van der Waals surface area contributed by atoms with Crippen molar-refractivity contribution in [2.45, 2.75) is 12.6 Å².